The molecule has 0 saturated carbocycles. The van der Waals surface area contributed by atoms with Gasteiger partial charge in [-0.3, -0.25) is 4.79 Å². The number of nitrogens with zero attached hydrogens (tertiary/aromatic N) is 2. The maximum atomic E-state index is 13.4. The highest BCUT2D eigenvalue weighted by Crippen LogP contribution is 2.44. The molecule has 2 heterocycles. The fourth-order valence-electron chi connectivity index (χ4n) is 3.77. The van der Waals surface area contributed by atoms with Crippen LogP contribution in [0.3, 0.4) is 0 Å². The molecule has 2 aliphatic heterocycles. The van der Waals surface area contributed by atoms with Crippen molar-refractivity contribution in [2.75, 3.05) is 7.11 Å². The van der Waals surface area contributed by atoms with Gasteiger partial charge in [0.15, 0.2) is 5.17 Å². The van der Waals surface area contributed by atoms with Gasteiger partial charge in [-0.25, -0.2) is 14.2 Å². The summed E-state index contributed by atoms with van der Waals surface area (Å²) in [5.41, 5.74) is 3.34. The van der Waals surface area contributed by atoms with Crippen molar-refractivity contribution in [1.82, 2.24) is 10.2 Å². The van der Waals surface area contributed by atoms with Gasteiger partial charge in [-0.2, -0.15) is 0 Å². The average Bonchev–Trinajstić information content (AvgIpc) is 3.18. The minimum Gasteiger partial charge on any atom is -0.466 e. The van der Waals surface area contributed by atoms with Gasteiger partial charge in [-0.15, -0.1) is 0 Å². The van der Waals surface area contributed by atoms with Gasteiger partial charge >= 0.3 is 5.97 Å². The van der Waals surface area contributed by atoms with Gasteiger partial charge in [0.05, 0.1) is 30.8 Å². The van der Waals surface area contributed by atoms with Crippen molar-refractivity contribution in [2.24, 2.45) is 4.99 Å². The van der Waals surface area contributed by atoms with Gasteiger partial charge in [0.1, 0.15) is 5.82 Å². The van der Waals surface area contributed by atoms with Crippen LogP contribution in [0.15, 0.2) is 82.0 Å². The van der Waals surface area contributed by atoms with Crippen LogP contribution < -0.4 is 5.32 Å². The summed E-state index contributed by atoms with van der Waals surface area (Å²) in [6, 6.07) is 15.3. The molecule has 1 unspecified atom stereocenters. The molecule has 2 aromatic carbocycles. The zero-order chi connectivity index (χ0) is 22.7. The number of hydrogen-bond acceptors (Lipinski definition) is 6. The molecule has 1 N–H and O–H groups in total. The number of aliphatic imine (C=N–C) groups is 1. The molecule has 2 aliphatic rings. The highest BCUT2D eigenvalue weighted by atomic mass is 32.2. The van der Waals surface area contributed by atoms with Crippen LogP contribution in [-0.4, -0.2) is 29.1 Å². The summed E-state index contributed by atoms with van der Waals surface area (Å²) in [4.78, 5) is 31.8. The molecule has 0 bridgehead atoms. The molecule has 0 fully saturated rings. The number of thioether (sulfide) groups is 1. The fourth-order valence-corrected chi connectivity index (χ4v) is 4.73. The van der Waals surface area contributed by atoms with E-state index in [9.17, 15) is 14.0 Å². The maximum absolute atomic E-state index is 13.4. The number of amides is 1. The number of ether oxygens (including phenoxy) is 1. The number of esters is 1. The largest absolute Gasteiger partial charge is 0.466 e. The van der Waals surface area contributed by atoms with E-state index in [2.05, 4.69) is 10.3 Å². The lowest BCUT2D eigenvalue weighted by atomic mass is 9.94. The number of rotatable bonds is 6. The van der Waals surface area contributed by atoms with Crippen LogP contribution in [-0.2, 0) is 20.9 Å². The standard InChI is InChI=1S/C24H22FN3O3S/c1-15-21(23(30)31-2)22(17-8-4-3-5-9-17)28-19(14-32-24(28)27-15)12-20(29)26-13-16-7-6-10-18(25)11-16/h3-11,14,22H,12-13H2,1-2H3,(H,26,29). The Morgan fingerprint density at radius 2 is 1.97 bits per heavy atom. The van der Waals surface area contributed by atoms with Crippen molar-refractivity contribution in [3.8, 4) is 0 Å². The van der Waals surface area contributed by atoms with Crippen LogP contribution in [0.5, 0.6) is 0 Å². The first kappa shape index (κ1) is 21.8. The van der Waals surface area contributed by atoms with Gasteiger partial charge in [0.25, 0.3) is 0 Å². The molecule has 6 nitrogen and oxygen atoms in total. The third-order valence-corrected chi connectivity index (χ3v) is 6.13. The Labute approximate surface area is 189 Å². The summed E-state index contributed by atoms with van der Waals surface area (Å²) in [5.74, 6) is -1.00. The van der Waals surface area contributed by atoms with Crippen molar-refractivity contribution >= 4 is 28.8 Å². The molecular formula is C24H22FN3O3S. The number of hydrogen-bond donors (Lipinski definition) is 1. The van der Waals surface area contributed by atoms with E-state index in [4.69, 9.17) is 4.74 Å². The number of carbonyl (C=O) groups is 2. The first-order chi connectivity index (χ1) is 15.5. The first-order valence-corrected chi connectivity index (χ1v) is 10.9. The molecule has 0 spiro atoms. The van der Waals surface area contributed by atoms with E-state index in [0.29, 0.717) is 22.0 Å². The smallest absolute Gasteiger partial charge is 0.338 e. The van der Waals surface area contributed by atoms with E-state index in [-0.39, 0.29) is 24.7 Å². The second-order valence-electron chi connectivity index (χ2n) is 7.38. The van der Waals surface area contributed by atoms with Gasteiger partial charge in [-0.1, -0.05) is 54.2 Å². The SMILES string of the molecule is COC(=O)C1=C(C)N=C2SC=C(CC(=O)NCc3cccc(F)c3)N2C1c1ccccc1. The van der Waals surface area contributed by atoms with Crippen LogP contribution in [0, 0.1) is 5.82 Å². The van der Waals surface area contributed by atoms with Crippen molar-refractivity contribution in [3.05, 3.63) is 93.9 Å². The number of benzene rings is 2. The average molecular weight is 452 g/mol. The van der Waals surface area contributed by atoms with Gasteiger partial charge in [0.2, 0.25) is 5.91 Å². The topological polar surface area (TPSA) is 71.0 Å². The predicted molar refractivity (Wildman–Crippen MR) is 122 cm³/mol. The van der Waals surface area contributed by atoms with Crippen molar-refractivity contribution in [2.45, 2.75) is 25.9 Å². The summed E-state index contributed by atoms with van der Waals surface area (Å²) < 4.78 is 18.4. The van der Waals surface area contributed by atoms with E-state index >= 15 is 0 Å². The van der Waals surface area contributed by atoms with E-state index < -0.39 is 12.0 Å². The number of halogens is 1. The van der Waals surface area contributed by atoms with Crippen molar-refractivity contribution in [3.63, 3.8) is 0 Å². The molecular weight excluding hydrogens is 429 g/mol. The van der Waals surface area contributed by atoms with E-state index in [1.165, 1.54) is 31.0 Å². The normalized spacial score (nSPS) is 17.5. The number of methoxy groups -OCH3 is 1. The number of carbonyl (C=O) groups excluding carboxylic acids is 2. The summed E-state index contributed by atoms with van der Waals surface area (Å²) in [5, 5.41) is 5.42. The summed E-state index contributed by atoms with van der Waals surface area (Å²) in [6.07, 6.45) is 0.0954. The van der Waals surface area contributed by atoms with Crippen LogP contribution >= 0.6 is 11.8 Å². The van der Waals surface area contributed by atoms with E-state index in [1.54, 1.807) is 19.1 Å². The van der Waals surface area contributed by atoms with Gasteiger partial charge < -0.3 is 15.0 Å². The van der Waals surface area contributed by atoms with Crippen LogP contribution in [0.1, 0.15) is 30.5 Å². The fraction of sp³-hybridized carbons (Fsp3) is 0.208. The first-order valence-electron chi connectivity index (χ1n) is 10.1. The number of fused-ring (bicyclic) bond motifs is 1. The van der Waals surface area contributed by atoms with Gasteiger partial charge in [0, 0.05) is 12.2 Å². The lowest BCUT2D eigenvalue weighted by molar-refractivity contribution is -0.136. The Balaban J connectivity index is 1.57. The number of nitrogens with one attached hydrogen (secondary N) is 1. The predicted octanol–water partition coefficient (Wildman–Crippen LogP) is 4.28. The lowest BCUT2D eigenvalue weighted by Crippen LogP contribution is -2.37. The van der Waals surface area contributed by atoms with E-state index in [0.717, 1.165) is 11.3 Å². The molecule has 1 atom stereocenters. The summed E-state index contributed by atoms with van der Waals surface area (Å²) >= 11 is 1.41. The Hall–Kier alpha value is -3.39. The monoisotopic (exact) mass is 451 g/mol. The second-order valence-corrected chi connectivity index (χ2v) is 8.22. The Kier molecular flexibility index (Phi) is 6.41. The molecule has 1 amide bonds. The summed E-state index contributed by atoms with van der Waals surface area (Å²) in [6.45, 7) is 2.02. The molecule has 32 heavy (non-hydrogen) atoms. The molecule has 8 heteroatoms. The minimum atomic E-state index is -0.453. The quantitative estimate of drug-likeness (QED) is 0.664. The molecule has 4 rings (SSSR count). The molecule has 164 valence electrons. The molecule has 0 saturated heterocycles. The van der Waals surface area contributed by atoms with E-state index in [1.807, 2.05) is 40.6 Å². The van der Waals surface area contributed by atoms with Crippen LogP contribution in [0.4, 0.5) is 4.39 Å². The minimum absolute atomic E-state index is 0.0954. The second kappa shape index (κ2) is 9.40. The molecule has 0 radical (unpaired) electrons. The summed E-state index contributed by atoms with van der Waals surface area (Å²) in [7, 11) is 1.35. The Morgan fingerprint density at radius 3 is 2.69 bits per heavy atom. The van der Waals surface area contributed by atoms with Crippen LogP contribution in [0.25, 0.3) is 0 Å². The highest BCUT2D eigenvalue weighted by Gasteiger charge is 2.40. The van der Waals surface area contributed by atoms with Crippen molar-refractivity contribution in [1.29, 1.82) is 0 Å². The lowest BCUT2D eigenvalue weighted by Gasteiger charge is -2.36. The molecule has 0 aromatic heterocycles. The third-order valence-electron chi connectivity index (χ3n) is 5.24. The van der Waals surface area contributed by atoms with Gasteiger partial charge in [-0.05, 0) is 35.6 Å². The third kappa shape index (κ3) is 4.45. The Morgan fingerprint density at radius 1 is 1.19 bits per heavy atom. The Bertz CT molecular complexity index is 1140. The maximum Gasteiger partial charge on any atom is 0.338 e. The zero-order valence-electron chi connectivity index (χ0n) is 17.7. The van der Waals surface area contributed by atoms with Crippen molar-refractivity contribution < 1.29 is 18.7 Å². The molecule has 2 aromatic rings. The number of amidine groups is 1. The van der Waals surface area contributed by atoms with Crippen LogP contribution in [0.2, 0.25) is 0 Å². The molecule has 0 aliphatic carbocycles. The number of allylic oxidation sites excluding steroid dienone is 1. The zero-order valence-corrected chi connectivity index (χ0v) is 18.5. The highest BCUT2D eigenvalue weighted by molar-refractivity contribution is 8.16.